The van der Waals surface area contributed by atoms with Crippen LogP contribution in [0.4, 0.5) is 13.2 Å². The van der Waals surface area contributed by atoms with E-state index in [0.29, 0.717) is 29.2 Å². The Morgan fingerprint density at radius 3 is 2.18 bits per heavy atom. The van der Waals surface area contributed by atoms with E-state index in [-0.39, 0.29) is 17.2 Å². The fourth-order valence-corrected chi connectivity index (χ4v) is 4.63. The molecule has 0 radical (unpaired) electrons. The summed E-state index contributed by atoms with van der Waals surface area (Å²) in [5.74, 6) is -1.18. The van der Waals surface area contributed by atoms with Crippen LogP contribution < -0.4 is 4.74 Å². The summed E-state index contributed by atoms with van der Waals surface area (Å²) in [7, 11) is 0. The third-order valence-corrected chi connectivity index (χ3v) is 6.60. The molecule has 34 heavy (non-hydrogen) atoms. The van der Waals surface area contributed by atoms with E-state index < -0.39 is 17.5 Å². The van der Waals surface area contributed by atoms with Crippen LogP contribution >= 0.6 is 0 Å². The summed E-state index contributed by atoms with van der Waals surface area (Å²) < 4.78 is 49.2. The lowest BCUT2D eigenvalue weighted by molar-refractivity contribution is 0.321. The Hall–Kier alpha value is -3.27. The van der Waals surface area contributed by atoms with Crippen molar-refractivity contribution in [2.24, 2.45) is 5.92 Å². The van der Waals surface area contributed by atoms with Crippen LogP contribution in [-0.4, -0.2) is 6.61 Å². The molecular formula is C30H29F3O. The third kappa shape index (κ3) is 5.27. The first-order valence-electron chi connectivity index (χ1n) is 11.8. The number of ether oxygens (including phenoxy) is 1. The van der Waals surface area contributed by atoms with Gasteiger partial charge in [-0.05, 0) is 78.8 Å². The fraction of sp³-hybridized carbons (Fsp3) is 0.267. The minimum absolute atomic E-state index is 0.0553. The summed E-state index contributed by atoms with van der Waals surface area (Å²) in [5, 5.41) is 0. The molecule has 0 aromatic heterocycles. The van der Waals surface area contributed by atoms with Crippen LogP contribution in [0.3, 0.4) is 0 Å². The summed E-state index contributed by atoms with van der Waals surface area (Å²) in [6.45, 7) is 6.06. The molecular weight excluding hydrogens is 433 g/mol. The second kappa shape index (κ2) is 10.8. The molecule has 0 N–H and O–H groups in total. The minimum atomic E-state index is -0.795. The van der Waals surface area contributed by atoms with Gasteiger partial charge in [0.1, 0.15) is 0 Å². The van der Waals surface area contributed by atoms with Gasteiger partial charge in [0.05, 0.1) is 6.61 Å². The number of hydrogen-bond acceptors (Lipinski definition) is 1. The molecule has 0 unspecified atom stereocenters. The van der Waals surface area contributed by atoms with Crippen LogP contribution in [0.5, 0.6) is 5.75 Å². The van der Waals surface area contributed by atoms with Crippen LogP contribution in [0.2, 0.25) is 0 Å². The normalized spacial score (nSPS) is 18.2. The van der Waals surface area contributed by atoms with Gasteiger partial charge in [-0.25, -0.2) is 13.2 Å². The number of halogens is 3. The van der Waals surface area contributed by atoms with Gasteiger partial charge in [-0.3, -0.25) is 0 Å². The molecule has 1 nitrogen and oxygen atoms in total. The molecule has 0 amide bonds. The summed E-state index contributed by atoms with van der Waals surface area (Å²) in [4.78, 5) is 0. The van der Waals surface area contributed by atoms with Crippen molar-refractivity contribution in [3.8, 4) is 16.9 Å². The van der Waals surface area contributed by atoms with Crippen molar-refractivity contribution in [1.29, 1.82) is 0 Å². The SMILES string of the molecule is C=CC1CCC(c2ccc(-c3ccc(/C=C/c4ccc(OCC)c(F)c4)cc3)c(F)c2F)CC1. The topological polar surface area (TPSA) is 9.23 Å². The van der Waals surface area contributed by atoms with E-state index in [0.717, 1.165) is 31.2 Å². The molecule has 1 fully saturated rings. The maximum atomic E-state index is 15.0. The summed E-state index contributed by atoms with van der Waals surface area (Å²) >= 11 is 0. The standard InChI is InChI=1S/C30H29F3O/c1-3-20-7-12-23(13-8-20)25-16-17-26(30(33)29(25)32)24-14-9-21(10-15-24)5-6-22-11-18-28(34-4-2)27(31)19-22/h3,5-6,9-11,14-20,23H,1,4,7-8,12-13H2,2H3/b6-5+. The van der Waals surface area contributed by atoms with E-state index in [1.165, 1.54) is 6.07 Å². The lowest BCUT2D eigenvalue weighted by atomic mass is 9.78. The molecule has 0 heterocycles. The molecule has 0 spiro atoms. The first kappa shape index (κ1) is 23.9. The van der Waals surface area contributed by atoms with E-state index in [2.05, 4.69) is 6.58 Å². The number of benzene rings is 3. The summed E-state index contributed by atoms with van der Waals surface area (Å²) in [5.41, 5.74) is 2.92. The monoisotopic (exact) mass is 462 g/mol. The highest BCUT2D eigenvalue weighted by Gasteiger charge is 2.25. The lowest BCUT2D eigenvalue weighted by Gasteiger charge is -2.27. The predicted octanol–water partition coefficient (Wildman–Crippen LogP) is 8.80. The van der Waals surface area contributed by atoms with Crippen molar-refractivity contribution in [3.05, 3.63) is 101 Å². The second-order valence-electron chi connectivity index (χ2n) is 8.76. The van der Waals surface area contributed by atoms with Gasteiger partial charge in [-0.1, -0.05) is 60.7 Å². The van der Waals surface area contributed by atoms with Crippen molar-refractivity contribution in [2.75, 3.05) is 6.61 Å². The van der Waals surface area contributed by atoms with Gasteiger partial charge in [-0.2, -0.15) is 0 Å². The number of rotatable bonds is 7. The highest BCUT2D eigenvalue weighted by atomic mass is 19.2. The van der Waals surface area contributed by atoms with E-state index in [1.807, 2.05) is 24.3 Å². The zero-order valence-electron chi connectivity index (χ0n) is 19.4. The molecule has 176 valence electrons. The first-order chi connectivity index (χ1) is 16.5. The average Bonchev–Trinajstić information content (AvgIpc) is 2.86. The molecule has 1 saturated carbocycles. The first-order valence-corrected chi connectivity index (χ1v) is 11.8. The molecule has 1 aliphatic rings. The third-order valence-electron chi connectivity index (χ3n) is 6.60. The van der Waals surface area contributed by atoms with Crippen molar-refractivity contribution in [1.82, 2.24) is 0 Å². The van der Waals surface area contributed by atoms with Crippen LogP contribution in [0, 0.1) is 23.4 Å². The van der Waals surface area contributed by atoms with Crippen LogP contribution in [-0.2, 0) is 0 Å². The average molecular weight is 463 g/mol. The van der Waals surface area contributed by atoms with Gasteiger partial charge in [0.2, 0.25) is 0 Å². The predicted molar refractivity (Wildman–Crippen MR) is 133 cm³/mol. The molecule has 4 heteroatoms. The second-order valence-corrected chi connectivity index (χ2v) is 8.76. The van der Waals surface area contributed by atoms with E-state index in [9.17, 15) is 13.2 Å². The van der Waals surface area contributed by atoms with Gasteiger partial charge in [0.25, 0.3) is 0 Å². The van der Waals surface area contributed by atoms with Crippen molar-refractivity contribution in [2.45, 2.75) is 38.5 Å². The van der Waals surface area contributed by atoms with Crippen LogP contribution in [0.1, 0.15) is 55.2 Å². The summed E-state index contributed by atoms with van der Waals surface area (Å²) in [6, 6.07) is 15.4. The summed E-state index contributed by atoms with van der Waals surface area (Å²) in [6.07, 6.45) is 9.25. The van der Waals surface area contributed by atoms with Crippen LogP contribution in [0.15, 0.2) is 67.3 Å². The Labute approximate surface area is 199 Å². The molecule has 0 aliphatic heterocycles. The van der Waals surface area contributed by atoms with E-state index in [4.69, 9.17) is 4.74 Å². The van der Waals surface area contributed by atoms with Gasteiger partial charge in [-0.15, -0.1) is 6.58 Å². The Kier molecular flexibility index (Phi) is 7.56. The van der Waals surface area contributed by atoms with Gasteiger partial charge < -0.3 is 4.74 Å². The zero-order chi connectivity index (χ0) is 24.1. The highest BCUT2D eigenvalue weighted by Crippen LogP contribution is 2.39. The van der Waals surface area contributed by atoms with E-state index in [1.54, 1.807) is 49.4 Å². The highest BCUT2D eigenvalue weighted by molar-refractivity contribution is 5.72. The number of hydrogen-bond donors (Lipinski definition) is 0. The van der Waals surface area contributed by atoms with Crippen LogP contribution in [0.25, 0.3) is 23.3 Å². The van der Waals surface area contributed by atoms with Gasteiger partial charge in [0.15, 0.2) is 23.2 Å². The maximum absolute atomic E-state index is 15.0. The van der Waals surface area contributed by atoms with Crippen molar-refractivity contribution in [3.63, 3.8) is 0 Å². The minimum Gasteiger partial charge on any atom is -0.491 e. The Bertz CT molecular complexity index is 1170. The maximum Gasteiger partial charge on any atom is 0.166 e. The molecule has 3 aromatic carbocycles. The number of allylic oxidation sites excluding steroid dienone is 1. The quantitative estimate of drug-likeness (QED) is 0.252. The van der Waals surface area contributed by atoms with Gasteiger partial charge >= 0.3 is 0 Å². The Morgan fingerprint density at radius 2 is 1.53 bits per heavy atom. The molecule has 1 aliphatic carbocycles. The van der Waals surface area contributed by atoms with Gasteiger partial charge in [0, 0.05) is 5.56 Å². The molecule has 0 atom stereocenters. The smallest absolute Gasteiger partial charge is 0.166 e. The largest absolute Gasteiger partial charge is 0.491 e. The Balaban J connectivity index is 1.48. The lowest BCUT2D eigenvalue weighted by Crippen LogP contribution is -2.13. The molecule has 0 bridgehead atoms. The Morgan fingerprint density at radius 1 is 0.853 bits per heavy atom. The molecule has 0 saturated heterocycles. The van der Waals surface area contributed by atoms with E-state index >= 15 is 0 Å². The van der Waals surface area contributed by atoms with Crippen molar-refractivity contribution < 1.29 is 17.9 Å². The van der Waals surface area contributed by atoms with Crippen molar-refractivity contribution >= 4 is 12.2 Å². The zero-order valence-corrected chi connectivity index (χ0v) is 19.4. The molecule has 3 aromatic rings. The molecule has 4 rings (SSSR count). The fourth-order valence-electron chi connectivity index (χ4n) is 4.63.